The first kappa shape index (κ1) is 15.8. The Morgan fingerprint density at radius 3 is 2.86 bits per heavy atom. The smallest absolute Gasteiger partial charge is 0.258 e. The van der Waals surface area contributed by atoms with Crippen molar-refractivity contribution in [3.8, 4) is 5.88 Å². The van der Waals surface area contributed by atoms with Gasteiger partial charge in [-0.25, -0.2) is 14.2 Å². The lowest BCUT2D eigenvalue weighted by Crippen LogP contribution is -2.09. The first-order valence-corrected chi connectivity index (χ1v) is 7.71. The summed E-state index contributed by atoms with van der Waals surface area (Å²) in [7, 11) is -1.65. The van der Waals surface area contributed by atoms with Gasteiger partial charge in [0.15, 0.2) is 11.0 Å². The number of benzene rings is 1. The average Bonchev–Trinajstić information content (AvgIpc) is 2.49. The molecule has 1 atom stereocenters. The maximum atomic E-state index is 12.3. The van der Waals surface area contributed by atoms with Gasteiger partial charge in [-0.2, -0.15) is 0 Å². The average molecular weight is 344 g/mol. The summed E-state index contributed by atoms with van der Waals surface area (Å²) in [5.74, 6) is 0.470. The summed E-state index contributed by atoms with van der Waals surface area (Å²) in [4.78, 5) is 8.41. The number of nitrogens with one attached hydrogen (secondary N) is 1. The minimum Gasteiger partial charge on any atom is -0.471 e. The highest BCUT2D eigenvalue weighted by Crippen LogP contribution is 2.29. The second-order valence-corrected chi connectivity index (χ2v) is 5.70. The van der Waals surface area contributed by atoms with Crippen LogP contribution in [0, 0.1) is 0 Å². The predicted molar refractivity (Wildman–Crippen MR) is 84.2 cm³/mol. The molecule has 0 aliphatic heterocycles. The monoisotopic (exact) mass is 343 g/mol. The molecule has 0 fully saturated rings. The molecule has 1 aromatic carbocycles. The topological polar surface area (TPSA) is 64.1 Å². The largest absolute Gasteiger partial charge is 0.471 e. The molecule has 1 aromatic heterocycles. The quantitative estimate of drug-likeness (QED) is 0.815. The molecule has 0 bridgehead atoms. The Morgan fingerprint density at radius 2 is 2.10 bits per heavy atom. The Balaban J connectivity index is 2.23. The summed E-state index contributed by atoms with van der Waals surface area (Å²) in [5.41, 5.74) is 0. The van der Waals surface area contributed by atoms with E-state index in [2.05, 4.69) is 21.3 Å². The van der Waals surface area contributed by atoms with Crippen molar-refractivity contribution in [1.82, 2.24) is 9.97 Å². The van der Waals surface area contributed by atoms with Gasteiger partial charge in [-0.1, -0.05) is 41.9 Å². The van der Waals surface area contributed by atoms with Gasteiger partial charge in [0.05, 0.1) is 14.9 Å². The molecule has 0 aliphatic carbocycles. The second kappa shape index (κ2) is 7.40. The normalized spacial score (nSPS) is 11.7. The summed E-state index contributed by atoms with van der Waals surface area (Å²) in [6.45, 7) is 3.81. The van der Waals surface area contributed by atoms with Crippen LogP contribution in [0.3, 0.4) is 0 Å². The fourth-order valence-electron chi connectivity index (χ4n) is 1.41. The minimum absolute atomic E-state index is 0.224. The van der Waals surface area contributed by atoms with E-state index in [1.54, 1.807) is 24.3 Å². The number of hydrogen-bond donors (Lipinski definition) is 1. The molecule has 1 N–H and O–H groups in total. The van der Waals surface area contributed by atoms with Gasteiger partial charge in [0, 0.05) is 12.4 Å². The molecule has 21 heavy (non-hydrogen) atoms. The molecule has 0 spiro atoms. The van der Waals surface area contributed by atoms with Crippen LogP contribution in [0.2, 0.25) is 10.0 Å². The molecule has 5 nitrogen and oxygen atoms in total. The van der Waals surface area contributed by atoms with Crippen molar-refractivity contribution >= 4 is 40.0 Å². The number of halogens is 2. The van der Waals surface area contributed by atoms with E-state index in [1.165, 1.54) is 12.4 Å². The molecule has 110 valence electrons. The van der Waals surface area contributed by atoms with Crippen LogP contribution < -0.4 is 9.46 Å². The van der Waals surface area contributed by atoms with Crippen LogP contribution in [0.25, 0.3) is 0 Å². The molecule has 0 amide bonds. The molecule has 8 heteroatoms. The van der Waals surface area contributed by atoms with Gasteiger partial charge in [0.2, 0.25) is 5.82 Å². The third-order valence-corrected chi connectivity index (χ3v) is 4.36. The summed E-state index contributed by atoms with van der Waals surface area (Å²) < 4.78 is 20.4. The van der Waals surface area contributed by atoms with Crippen LogP contribution in [-0.4, -0.2) is 20.8 Å². The number of rotatable bonds is 6. The van der Waals surface area contributed by atoms with E-state index in [1.807, 2.05) is 0 Å². The zero-order chi connectivity index (χ0) is 15.2. The lowest BCUT2D eigenvalue weighted by molar-refractivity contribution is 0.349. The maximum absolute atomic E-state index is 12.3. The Morgan fingerprint density at radius 1 is 1.33 bits per heavy atom. The Labute approximate surface area is 134 Å². The third-order valence-electron chi connectivity index (χ3n) is 2.31. The van der Waals surface area contributed by atoms with Gasteiger partial charge in [0.25, 0.3) is 5.88 Å². The standard InChI is InChI=1S/C13H11Cl2N3O2S/c1-2-8-20-13-12(16-6-7-17-13)18-21(19)10-5-3-4-9(14)11(10)15/h2-7H,1,8H2,(H,16,18). The van der Waals surface area contributed by atoms with E-state index < -0.39 is 11.0 Å². The Bertz CT molecular complexity index is 682. The molecule has 0 saturated carbocycles. The van der Waals surface area contributed by atoms with Crippen LogP contribution in [-0.2, 0) is 11.0 Å². The van der Waals surface area contributed by atoms with Gasteiger partial charge in [-0.3, -0.25) is 4.72 Å². The predicted octanol–water partition coefficient (Wildman–Crippen LogP) is 3.48. The molecular weight excluding hydrogens is 333 g/mol. The van der Waals surface area contributed by atoms with E-state index in [-0.39, 0.29) is 23.3 Å². The van der Waals surface area contributed by atoms with Crippen molar-refractivity contribution in [2.24, 2.45) is 0 Å². The Kier molecular flexibility index (Phi) is 5.55. The van der Waals surface area contributed by atoms with Gasteiger partial charge in [0.1, 0.15) is 6.61 Å². The van der Waals surface area contributed by atoms with E-state index in [9.17, 15) is 4.21 Å². The van der Waals surface area contributed by atoms with Crippen LogP contribution in [0.15, 0.2) is 48.1 Å². The maximum Gasteiger partial charge on any atom is 0.258 e. The fourth-order valence-corrected chi connectivity index (χ4v) is 2.88. The highest BCUT2D eigenvalue weighted by atomic mass is 35.5. The minimum atomic E-state index is -1.65. The molecule has 0 radical (unpaired) electrons. The van der Waals surface area contributed by atoms with Crippen molar-refractivity contribution in [3.63, 3.8) is 0 Å². The van der Waals surface area contributed by atoms with Crippen molar-refractivity contribution in [2.75, 3.05) is 11.3 Å². The molecular formula is C13H11Cl2N3O2S. The summed E-state index contributed by atoms with van der Waals surface area (Å²) in [6, 6.07) is 4.89. The number of aromatic nitrogens is 2. The summed E-state index contributed by atoms with van der Waals surface area (Å²) in [6.07, 6.45) is 4.50. The molecule has 2 aromatic rings. The highest BCUT2D eigenvalue weighted by molar-refractivity contribution is 7.86. The number of anilines is 1. The van der Waals surface area contributed by atoms with Crippen LogP contribution in [0.4, 0.5) is 5.82 Å². The lowest BCUT2D eigenvalue weighted by Gasteiger charge is -2.10. The van der Waals surface area contributed by atoms with Crippen molar-refractivity contribution in [1.29, 1.82) is 0 Å². The van der Waals surface area contributed by atoms with E-state index in [4.69, 9.17) is 27.9 Å². The fraction of sp³-hybridized carbons (Fsp3) is 0.0769. The first-order valence-electron chi connectivity index (χ1n) is 5.80. The zero-order valence-electron chi connectivity index (χ0n) is 10.8. The van der Waals surface area contributed by atoms with Crippen molar-refractivity contribution < 1.29 is 8.95 Å². The van der Waals surface area contributed by atoms with E-state index in [0.717, 1.165) is 0 Å². The second-order valence-electron chi connectivity index (χ2n) is 3.73. The van der Waals surface area contributed by atoms with Gasteiger partial charge in [-0.15, -0.1) is 0 Å². The van der Waals surface area contributed by atoms with Crippen LogP contribution >= 0.6 is 23.2 Å². The van der Waals surface area contributed by atoms with Gasteiger partial charge < -0.3 is 4.74 Å². The van der Waals surface area contributed by atoms with Crippen LogP contribution in [0.5, 0.6) is 5.88 Å². The van der Waals surface area contributed by atoms with Crippen LogP contribution in [0.1, 0.15) is 0 Å². The van der Waals surface area contributed by atoms with E-state index in [0.29, 0.717) is 9.92 Å². The number of ether oxygens (including phenoxy) is 1. The molecule has 1 unspecified atom stereocenters. The SMILES string of the molecule is C=CCOc1nccnc1NS(=O)c1cccc(Cl)c1Cl. The van der Waals surface area contributed by atoms with Crippen molar-refractivity contribution in [2.45, 2.75) is 4.90 Å². The number of hydrogen-bond acceptors (Lipinski definition) is 4. The molecule has 2 rings (SSSR count). The zero-order valence-corrected chi connectivity index (χ0v) is 13.1. The van der Waals surface area contributed by atoms with Gasteiger partial charge >= 0.3 is 0 Å². The van der Waals surface area contributed by atoms with Crippen molar-refractivity contribution in [3.05, 3.63) is 53.3 Å². The molecule has 0 aliphatic rings. The molecule has 0 saturated heterocycles. The third kappa shape index (κ3) is 3.93. The lowest BCUT2D eigenvalue weighted by atomic mass is 10.4. The summed E-state index contributed by atoms with van der Waals surface area (Å²) >= 11 is 11.9. The number of nitrogens with zero attached hydrogens (tertiary/aromatic N) is 2. The molecule has 1 heterocycles. The summed E-state index contributed by atoms with van der Waals surface area (Å²) in [5, 5.41) is 0.550. The Hall–Kier alpha value is -1.63. The van der Waals surface area contributed by atoms with Gasteiger partial charge in [-0.05, 0) is 12.1 Å². The highest BCUT2D eigenvalue weighted by Gasteiger charge is 2.14. The van der Waals surface area contributed by atoms with E-state index >= 15 is 0 Å². The first-order chi connectivity index (χ1) is 10.1.